The SMILES string of the molecule is C/C(=C\C(=O)NCCc1ccc(-n2cccn2)cc1)c1ccc(F)cc1. The van der Waals surface area contributed by atoms with E-state index in [2.05, 4.69) is 10.4 Å². The van der Waals surface area contributed by atoms with E-state index in [1.54, 1.807) is 23.0 Å². The van der Waals surface area contributed by atoms with Crippen LogP contribution >= 0.6 is 0 Å². The van der Waals surface area contributed by atoms with Crippen molar-refractivity contribution >= 4 is 11.5 Å². The van der Waals surface area contributed by atoms with Crippen molar-refractivity contribution in [3.05, 3.63) is 90.0 Å². The standard InChI is InChI=1S/C21H20FN3O/c1-16(18-5-7-19(22)8-6-18)15-21(26)23-13-11-17-3-9-20(10-4-17)25-14-2-12-24-25/h2-10,12,14-15H,11,13H2,1H3,(H,23,26)/b16-15+. The fourth-order valence-electron chi connectivity index (χ4n) is 2.61. The summed E-state index contributed by atoms with van der Waals surface area (Å²) in [5.74, 6) is -0.440. The number of allylic oxidation sites excluding steroid dienone is 1. The molecule has 0 saturated heterocycles. The number of amides is 1. The molecule has 26 heavy (non-hydrogen) atoms. The van der Waals surface area contributed by atoms with Crippen LogP contribution in [-0.4, -0.2) is 22.2 Å². The average Bonchev–Trinajstić information content (AvgIpc) is 3.17. The van der Waals surface area contributed by atoms with Crippen LogP contribution in [-0.2, 0) is 11.2 Å². The van der Waals surface area contributed by atoms with Gasteiger partial charge in [0.25, 0.3) is 0 Å². The summed E-state index contributed by atoms with van der Waals surface area (Å²) >= 11 is 0. The Bertz CT molecular complexity index is 882. The maximum absolute atomic E-state index is 12.9. The maximum Gasteiger partial charge on any atom is 0.244 e. The second kappa shape index (κ2) is 8.25. The van der Waals surface area contributed by atoms with E-state index in [9.17, 15) is 9.18 Å². The number of rotatable bonds is 6. The fraction of sp³-hybridized carbons (Fsp3) is 0.143. The summed E-state index contributed by atoms with van der Waals surface area (Å²) in [4.78, 5) is 12.0. The van der Waals surface area contributed by atoms with Crippen molar-refractivity contribution in [2.45, 2.75) is 13.3 Å². The molecule has 1 aromatic heterocycles. The highest BCUT2D eigenvalue weighted by Crippen LogP contribution is 2.14. The first-order valence-corrected chi connectivity index (χ1v) is 8.43. The third-order valence-electron chi connectivity index (χ3n) is 4.07. The van der Waals surface area contributed by atoms with Crippen molar-refractivity contribution < 1.29 is 9.18 Å². The molecule has 1 N–H and O–H groups in total. The lowest BCUT2D eigenvalue weighted by Crippen LogP contribution is -2.23. The summed E-state index contributed by atoms with van der Waals surface area (Å²) in [5.41, 5.74) is 3.77. The van der Waals surface area contributed by atoms with Crippen molar-refractivity contribution in [1.29, 1.82) is 0 Å². The molecule has 1 amide bonds. The molecule has 3 aromatic rings. The summed E-state index contributed by atoms with van der Waals surface area (Å²) in [6, 6.07) is 16.0. The highest BCUT2D eigenvalue weighted by molar-refractivity contribution is 5.94. The molecule has 1 heterocycles. The van der Waals surface area contributed by atoms with E-state index in [-0.39, 0.29) is 11.7 Å². The Kier molecular flexibility index (Phi) is 5.59. The second-order valence-corrected chi connectivity index (χ2v) is 5.99. The molecule has 0 fully saturated rings. The van der Waals surface area contributed by atoms with Gasteiger partial charge in [-0.3, -0.25) is 4.79 Å². The van der Waals surface area contributed by atoms with Gasteiger partial charge in [0.05, 0.1) is 5.69 Å². The minimum absolute atomic E-state index is 0.153. The predicted octanol–water partition coefficient (Wildman–Crippen LogP) is 3.77. The van der Waals surface area contributed by atoms with E-state index < -0.39 is 0 Å². The van der Waals surface area contributed by atoms with E-state index in [0.29, 0.717) is 6.54 Å². The molecular weight excluding hydrogens is 329 g/mol. The number of carbonyl (C=O) groups is 1. The molecule has 0 unspecified atom stereocenters. The zero-order chi connectivity index (χ0) is 18.4. The van der Waals surface area contributed by atoms with Crippen LogP contribution in [0.4, 0.5) is 4.39 Å². The molecule has 0 aliphatic carbocycles. The highest BCUT2D eigenvalue weighted by atomic mass is 19.1. The average molecular weight is 349 g/mol. The van der Waals surface area contributed by atoms with Gasteiger partial charge in [-0.2, -0.15) is 5.10 Å². The number of nitrogens with zero attached hydrogens (tertiary/aromatic N) is 2. The number of hydrogen-bond acceptors (Lipinski definition) is 2. The molecule has 0 saturated carbocycles. The second-order valence-electron chi connectivity index (χ2n) is 5.99. The Hall–Kier alpha value is -3.21. The van der Waals surface area contributed by atoms with Gasteiger partial charge in [0, 0.05) is 25.0 Å². The van der Waals surface area contributed by atoms with E-state index >= 15 is 0 Å². The third kappa shape index (κ3) is 4.66. The largest absolute Gasteiger partial charge is 0.352 e. The summed E-state index contributed by atoms with van der Waals surface area (Å²) in [5, 5.41) is 7.07. The molecule has 0 bridgehead atoms. The molecule has 0 atom stereocenters. The van der Waals surface area contributed by atoms with E-state index in [1.165, 1.54) is 18.2 Å². The first-order valence-electron chi connectivity index (χ1n) is 8.43. The molecule has 0 radical (unpaired) electrons. The lowest BCUT2D eigenvalue weighted by Gasteiger charge is -2.06. The van der Waals surface area contributed by atoms with Crippen molar-refractivity contribution in [3.63, 3.8) is 0 Å². The number of benzene rings is 2. The number of halogens is 1. The quantitative estimate of drug-likeness (QED) is 0.689. The van der Waals surface area contributed by atoms with Crippen molar-refractivity contribution in [3.8, 4) is 5.69 Å². The smallest absolute Gasteiger partial charge is 0.244 e. The Morgan fingerprint density at radius 3 is 2.54 bits per heavy atom. The van der Waals surface area contributed by atoms with Crippen LogP contribution in [0.1, 0.15) is 18.1 Å². The normalized spacial score (nSPS) is 11.4. The summed E-state index contributed by atoms with van der Waals surface area (Å²) in [6.07, 6.45) is 5.92. The lowest BCUT2D eigenvalue weighted by molar-refractivity contribution is -0.116. The number of nitrogens with one attached hydrogen (secondary N) is 1. The van der Waals surface area contributed by atoms with Crippen LogP contribution in [0, 0.1) is 5.82 Å². The zero-order valence-electron chi connectivity index (χ0n) is 14.5. The first-order chi connectivity index (χ1) is 12.6. The van der Waals surface area contributed by atoms with E-state index in [4.69, 9.17) is 0 Å². The Labute approximate surface area is 152 Å². The van der Waals surface area contributed by atoms with Gasteiger partial charge < -0.3 is 5.32 Å². The molecule has 3 rings (SSSR count). The van der Waals surface area contributed by atoms with E-state index in [1.807, 2.05) is 43.5 Å². The molecule has 4 nitrogen and oxygen atoms in total. The molecule has 0 aliphatic rings. The fourth-order valence-corrected chi connectivity index (χ4v) is 2.61. The van der Waals surface area contributed by atoms with Gasteiger partial charge in [0.2, 0.25) is 5.91 Å². The van der Waals surface area contributed by atoms with E-state index in [0.717, 1.165) is 28.8 Å². The van der Waals surface area contributed by atoms with Gasteiger partial charge in [-0.05, 0) is 60.4 Å². The first kappa shape index (κ1) is 17.6. The number of carbonyl (C=O) groups excluding carboxylic acids is 1. The minimum Gasteiger partial charge on any atom is -0.352 e. The predicted molar refractivity (Wildman–Crippen MR) is 100 cm³/mol. The van der Waals surface area contributed by atoms with Crippen LogP contribution in [0.15, 0.2) is 73.1 Å². The van der Waals surface area contributed by atoms with Gasteiger partial charge in [0.1, 0.15) is 5.82 Å². The molecule has 0 spiro atoms. The Morgan fingerprint density at radius 2 is 1.88 bits per heavy atom. The van der Waals surface area contributed by atoms with Gasteiger partial charge in [0.15, 0.2) is 0 Å². The highest BCUT2D eigenvalue weighted by Gasteiger charge is 2.02. The van der Waals surface area contributed by atoms with Crippen LogP contribution in [0.2, 0.25) is 0 Å². The van der Waals surface area contributed by atoms with Crippen LogP contribution in [0.3, 0.4) is 0 Å². The molecule has 5 heteroatoms. The van der Waals surface area contributed by atoms with Crippen molar-refractivity contribution in [2.24, 2.45) is 0 Å². The lowest BCUT2D eigenvalue weighted by atomic mass is 10.1. The molecule has 0 aliphatic heterocycles. The minimum atomic E-state index is -0.287. The Morgan fingerprint density at radius 1 is 1.15 bits per heavy atom. The monoisotopic (exact) mass is 349 g/mol. The summed E-state index contributed by atoms with van der Waals surface area (Å²) in [6.45, 7) is 2.38. The van der Waals surface area contributed by atoms with Crippen LogP contribution in [0.25, 0.3) is 11.3 Å². The number of aromatic nitrogens is 2. The molecule has 132 valence electrons. The third-order valence-corrected chi connectivity index (χ3v) is 4.07. The topological polar surface area (TPSA) is 46.9 Å². The molecular formula is C21H20FN3O. The van der Waals surface area contributed by atoms with Crippen LogP contribution in [0.5, 0.6) is 0 Å². The maximum atomic E-state index is 12.9. The van der Waals surface area contributed by atoms with Gasteiger partial charge in [-0.1, -0.05) is 24.3 Å². The van der Waals surface area contributed by atoms with Crippen molar-refractivity contribution in [2.75, 3.05) is 6.54 Å². The zero-order valence-corrected chi connectivity index (χ0v) is 14.5. The van der Waals surface area contributed by atoms with Gasteiger partial charge in [-0.15, -0.1) is 0 Å². The van der Waals surface area contributed by atoms with Crippen molar-refractivity contribution in [1.82, 2.24) is 15.1 Å². The summed E-state index contributed by atoms with van der Waals surface area (Å²) < 4.78 is 14.7. The van der Waals surface area contributed by atoms with Gasteiger partial charge >= 0.3 is 0 Å². The van der Waals surface area contributed by atoms with Gasteiger partial charge in [-0.25, -0.2) is 9.07 Å². The Balaban J connectivity index is 1.50. The number of hydrogen-bond donors (Lipinski definition) is 1. The summed E-state index contributed by atoms with van der Waals surface area (Å²) in [7, 11) is 0. The molecule has 2 aromatic carbocycles. The van der Waals surface area contributed by atoms with Crippen LogP contribution < -0.4 is 5.32 Å².